The van der Waals surface area contributed by atoms with Crippen LogP contribution in [0.4, 0.5) is 17.6 Å². The van der Waals surface area contributed by atoms with Gasteiger partial charge in [-0.25, -0.2) is 8.78 Å². The monoisotopic (exact) mass is 692 g/mol. The number of esters is 1. The average Bonchev–Trinajstić information content (AvgIpc) is 2.91. The van der Waals surface area contributed by atoms with Gasteiger partial charge in [0.15, 0.2) is 11.7 Å². The molecule has 0 aliphatic carbocycles. The summed E-state index contributed by atoms with van der Waals surface area (Å²) >= 11 is 15.7. The van der Waals surface area contributed by atoms with Crippen molar-refractivity contribution < 1.29 is 71.0 Å². The molecule has 0 radical (unpaired) electrons. The van der Waals surface area contributed by atoms with Crippen molar-refractivity contribution in [3.05, 3.63) is 37.0 Å². The molecule has 0 saturated heterocycles. The van der Waals surface area contributed by atoms with E-state index in [9.17, 15) is 13.6 Å². The number of hydrogen-bond donors (Lipinski definition) is 5. The molecule has 0 rings (SSSR count). The molecule has 2 unspecified atom stereocenters. The molecule has 19 heteroatoms. The Kier molecular flexibility index (Phi) is 21.1. The van der Waals surface area contributed by atoms with Gasteiger partial charge >= 0.3 is 12.1 Å². The van der Waals surface area contributed by atoms with Crippen molar-refractivity contribution in [1.82, 2.24) is 0 Å². The lowest BCUT2D eigenvalue weighted by atomic mass is 9.97. The van der Waals surface area contributed by atoms with Crippen molar-refractivity contribution in [2.75, 3.05) is 62.7 Å². The van der Waals surface area contributed by atoms with Crippen molar-refractivity contribution in [1.29, 1.82) is 0 Å². The molecule has 0 aromatic heterocycles. The molecule has 0 aromatic rings. The van der Waals surface area contributed by atoms with Crippen LogP contribution in [0.25, 0.3) is 0 Å². The number of hydrogen-bond acceptors (Lipinski definition) is 15. The van der Waals surface area contributed by atoms with E-state index in [4.69, 9.17) is 48.6 Å². The summed E-state index contributed by atoms with van der Waals surface area (Å²) in [5, 5.41) is 8.68. The van der Waals surface area contributed by atoms with Gasteiger partial charge < -0.3 is 34.0 Å². The maximum atomic E-state index is 15.2. The highest BCUT2D eigenvalue weighted by molar-refractivity contribution is 7.80. The SMILES string of the molecule is C=C(CS)OOCC(COCC(F)(F)CC(COCC(O)(F)F)(COC(=O)CCS)OOC(=C)CS)OOC(=C)CS. The minimum absolute atomic E-state index is 0.0721. The predicted molar refractivity (Wildman–Crippen MR) is 155 cm³/mol. The Hall–Kier alpha value is -1.03. The summed E-state index contributed by atoms with van der Waals surface area (Å²) in [5.41, 5.74) is -2.39. The molecule has 0 spiro atoms. The van der Waals surface area contributed by atoms with Crippen LogP contribution in [0, 0.1) is 0 Å². The van der Waals surface area contributed by atoms with E-state index in [0.717, 1.165) is 0 Å². The number of halogens is 4. The summed E-state index contributed by atoms with van der Waals surface area (Å²) in [4.78, 5) is 41.6. The zero-order valence-corrected chi connectivity index (χ0v) is 26.1. The van der Waals surface area contributed by atoms with Crippen LogP contribution in [-0.2, 0) is 48.3 Å². The van der Waals surface area contributed by atoms with Gasteiger partial charge in [-0.2, -0.15) is 74.0 Å². The fourth-order valence-electron chi connectivity index (χ4n) is 2.48. The predicted octanol–water partition coefficient (Wildman–Crippen LogP) is 3.78. The Morgan fingerprint density at radius 2 is 1.38 bits per heavy atom. The minimum atomic E-state index is -4.30. The zero-order valence-electron chi connectivity index (χ0n) is 22.5. The van der Waals surface area contributed by atoms with E-state index in [1.807, 2.05) is 0 Å². The van der Waals surface area contributed by atoms with Gasteiger partial charge in [0.25, 0.3) is 5.92 Å². The summed E-state index contributed by atoms with van der Waals surface area (Å²) < 4.78 is 71.1. The first-order valence-corrected chi connectivity index (χ1v) is 14.4. The third-order valence-corrected chi connectivity index (χ3v) is 5.53. The first-order valence-electron chi connectivity index (χ1n) is 11.8. The Bertz CT molecular complexity index is 837. The number of alkyl halides is 4. The molecular weight excluding hydrogens is 657 g/mol. The summed E-state index contributed by atoms with van der Waals surface area (Å²) in [5.74, 6) is -4.36. The van der Waals surface area contributed by atoms with E-state index in [2.05, 4.69) is 70.3 Å². The van der Waals surface area contributed by atoms with Crippen LogP contribution in [0.2, 0.25) is 0 Å². The summed E-state index contributed by atoms with van der Waals surface area (Å²) in [6.45, 7) is 4.71. The molecule has 0 heterocycles. The molecule has 0 aromatic carbocycles. The molecule has 0 saturated carbocycles. The number of rotatable bonds is 27. The molecule has 0 amide bonds. The zero-order chi connectivity index (χ0) is 32.2. The normalized spacial score (nSPS) is 14.0. The van der Waals surface area contributed by atoms with Gasteiger partial charge in [-0.1, -0.05) is 19.7 Å². The van der Waals surface area contributed by atoms with E-state index in [0.29, 0.717) is 0 Å². The third-order valence-electron chi connectivity index (χ3n) is 4.25. The van der Waals surface area contributed by atoms with E-state index < -0.39 is 69.2 Å². The van der Waals surface area contributed by atoms with Crippen molar-refractivity contribution >= 4 is 56.5 Å². The topological polar surface area (TPSA) is 120 Å². The quantitative estimate of drug-likeness (QED) is 0.0216. The van der Waals surface area contributed by atoms with Gasteiger partial charge in [-0.05, 0) is 0 Å². The first-order chi connectivity index (χ1) is 19.6. The highest BCUT2D eigenvalue weighted by Gasteiger charge is 2.47. The van der Waals surface area contributed by atoms with Gasteiger partial charge in [-0.15, -0.1) is 0 Å². The van der Waals surface area contributed by atoms with E-state index in [1.165, 1.54) is 0 Å². The van der Waals surface area contributed by atoms with Crippen LogP contribution in [0.5, 0.6) is 0 Å². The van der Waals surface area contributed by atoms with E-state index in [1.54, 1.807) is 0 Å². The molecule has 1 N–H and O–H groups in total. The van der Waals surface area contributed by atoms with Gasteiger partial charge in [0.1, 0.15) is 43.7 Å². The molecule has 42 heavy (non-hydrogen) atoms. The van der Waals surface area contributed by atoms with Gasteiger partial charge in [-0.3, -0.25) is 4.79 Å². The van der Waals surface area contributed by atoms with Crippen LogP contribution in [-0.4, -0.2) is 97.5 Å². The van der Waals surface area contributed by atoms with Crippen LogP contribution >= 0.6 is 50.5 Å². The average molecular weight is 693 g/mol. The standard InChI is InChI=1S/C23H36F4O11S4/c1-16(8-40)34-33-7-19(37-35-17(2)9-41)6-30-14-22(24,25)11-21(38-36-18(3)10-42,12-31-15-23(26,27)29)13-32-20(28)4-5-39/h19,29,39-42H,1-15H2. The summed E-state index contributed by atoms with van der Waals surface area (Å²) in [7, 11) is 0. The maximum Gasteiger partial charge on any atom is 0.376 e. The second-order valence-electron chi connectivity index (χ2n) is 8.45. The molecule has 0 bridgehead atoms. The van der Waals surface area contributed by atoms with E-state index >= 15 is 8.78 Å². The van der Waals surface area contributed by atoms with Crippen molar-refractivity contribution in [2.24, 2.45) is 0 Å². The molecule has 0 fully saturated rings. The number of thiol groups is 4. The second-order valence-corrected chi connectivity index (χ2v) is 9.85. The molecule has 246 valence electrons. The maximum absolute atomic E-state index is 15.2. The Morgan fingerprint density at radius 3 is 1.95 bits per heavy atom. The largest absolute Gasteiger partial charge is 0.462 e. The second kappa shape index (κ2) is 21.6. The number of ether oxygens (including phenoxy) is 3. The molecule has 2 atom stereocenters. The van der Waals surface area contributed by atoms with Gasteiger partial charge in [0.05, 0.1) is 43.3 Å². The van der Waals surface area contributed by atoms with E-state index in [-0.39, 0.29) is 53.3 Å². The van der Waals surface area contributed by atoms with Crippen molar-refractivity contribution in [3.8, 4) is 0 Å². The summed E-state index contributed by atoms with van der Waals surface area (Å²) in [6, 6.07) is 0. The van der Waals surface area contributed by atoms with Crippen LogP contribution in [0.1, 0.15) is 12.8 Å². The fraction of sp³-hybridized carbons (Fsp3) is 0.696. The van der Waals surface area contributed by atoms with Gasteiger partial charge in [0, 0.05) is 5.75 Å². The minimum Gasteiger partial charge on any atom is -0.462 e. The molecule has 0 aliphatic heterocycles. The van der Waals surface area contributed by atoms with Gasteiger partial charge in [0.2, 0.25) is 0 Å². The molecule has 11 nitrogen and oxygen atoms in total. The van der Waals surface area contributed by atoms with Crippen LogP contribution in [0.15, 0.2) is 37.0 Å². The third kappa shape index (κ3) is 20.8. The highest BCUT2D eigenvalue weighted by Crippen LogP contribution is 2.32. The lowest BCUT2D eigenvalue weighted by molar-refractivity contribution is -0.367. The Morgan fingerprint density at radius 1 is 0.786 bits per heavy atom. The first kappa shape index (κ1) is 41.0. The number of carbonyl (C=O) groups is 1. The highest BCUT2D eigenvalue weighted by atomic mass is 32.1. The Balaban J connectivity index is 5.67. The number of carbonyl (C=O) groups excluding carboxylic acids is 1. The smallest absolute Gasteiger partial charge is 0.376 e. The lowest BCUT2D eigenvalue weighted by Crippen LogP contribution is -2.49. The molecule has 0 aliphatic rings. The Labute approximate surface area is 263 Å². The van der Waals surface area contributed by atoms with Crippen molar-refractivity contribution in [2.45, 2.75) is 36.6 Å². The number of aliphatic hydroxyl groups is 1. The molecular formula is C23H36F4O11S4. The fourth-order valence-corrected chi connectivity index (χ4v) is 2.82. The van der Waals surface area contributed by atoms with Crippen LogP contribution < -0.4 is 0 Å². The summed E-state index contributed by atoms with van der Waals surface area (Å²) in [6.07, 6.45) is -6.96. The van der Waals surface area contributed by atoms with Crippen molar-refractivity contribution in [3.63, 3.8) is 0 Å². The lowest BCUT2D eigenvalue weighted by Gasteiger charge is -2.34. The van der Waals surface area contributed by atoms with Crippen LogP contribution in [0.3, 0.4) is 0 Å².